The Morgan fingerprint density at radius 1 is 1.24 bits per heavy atom. The third-order valence-corrected chi connectivity index (χ3v) is 6.31. The Hall–Kier alpha value is -1.65. The maximum atomic E-state index is 13.3. The van der Waals surface area contributed by atoms with Crippen LogP contribution in [0.1, 0.15) is 18.2 Å². The number of pyridine rings is 1. The molecule has 25 heavy (non-hydrogen) atoms. The van der Waals surface area contributed by atoms with E-state index in [1.54, 1.807) is 19.1 Å². The summed E-state index contributed by atoms with van der Waals surface area (Å²) in [5.41, 5.74) is -0.427. The fourth-order valence-electron chi connectivity index (χ4n) is 3.06. The van der Waals surface area contributed by atoms with Gasteiger partial charge in [0.15, 0.2) is 0 Å². The lowest BCUT2D eigenvalue weighted by atomic mass is 10.1. The molecular weight excluding hydrogens is 357 g/mol. The predicted molar refractivity (Wildman–Crippen MR) is 87.4 cm³/mol. The molecule has 0 bridgehead atoms. The summed E-state index contributed by atoms with van der Waals surface area (Å²) in [5.74, 6) is 0.0271. The summed E-state index contributed by atoms with van der Waals surface area (Å²) in [4.78, 5) is 8.17. The summed E-state index contributed by atoms with van der Waals surface area (Å²) in [6.45, 7) is 3.04. The van der Waals surface area contributed by atoms with E-state index in [1.807, 2.05) is 4.90 Å². The van der Waals surface area contributed by atoms with E-state index in [2.05, 4.69) is 9.97 Å². The summed E-state index contributed by atoms with van der Waals surface area (Å²) in [5, 5.41) is 0.443. The second kappa shape index (κ2) is 6.58. The predicted octanol–water partition coefficient (Wildman–Crippen LogP) is 2.05. The molecule has 1 aliphatic heterocycles. The Morgan fingerprint density at radius 2 is 1.92 bits per heavy atom. The topological polar surface area (TPSA) is 69.3 Å². The molecule has 0 radical (unpaired) electrons. The van der Waals surface area contributed by atoms with Gasteiger partial charge in [-0.05, 0) is 19.1 Å². The minimum absolute atomic E-state index is 0.0271. The van der Waals surface area contributed by atoms with Gasteiger partial charge in [0.2, 0.25) is 10.0 Å². The van der Waals surface area contributed by atoms with Crippen molar-refractivity contribution in [3.63, 3.8) is 0 Å². The van der Waals surface area contributed by atoms with E-state index in [0.717, 1.165) is 0 Å². The van der Waals surface area contributed by atoms with Crippen molar-refractivity contribution in [1.82, 2.24) is 19.2 Å². The van der Waals surface area contributed by atoms with Gasteiger partial charge in [0.1, 0.15) is 11.3 Å². The number of halogens is 3. The molecular formula is C15H19F3N4O2S. The van der Waals surface area contributed by atoms with Gasteiger partial charge in [-0.25, -0.2) is 13.4 Å². The summed E-state index contributed by atoms with van der Waals surface area (Å²) < 4.78 is 65.2. The number of aromatic nitrogens is 2. The number of piperazine rings is 1. The molecule has 6 nitrogen and oxygen atoms in total. The largest absolute Gasteiger partial charge is 0.431 e. The molecule has 1 aliphatic rings. The molecule has 0 saturated carbocycles. The van der Waals surface area contributed by atoms with Crippen LogP contribution in [0.5, 0.6) is 0 Å². The highest BCUT2D eigenvalue weighted by atomic mass is 32.2. The highest BCUT2D eigenvalue weighted by molar-refractivity contribution is 7.89. The first-order valence-electron chi connectivity index (χ1n) is 7.95. The molecule has 2 aromatic heterocycles. The molecule has 10 heteroatoms. The van der Waals surface area contributed by atoms with Crippen LogP contribution in [0.25, 0.3) is 11.0 Å². The van der Waals surface area contributed by atoms with Gasteiger partial charge < -0.3 is 4.98 Å². The van der Waals surface area contributed by atoms with Crippen LogP contribution in [0, 0.1) is 0 Å². The molecule has 0 aromatic carbocycles. The maximum absolute atomic E-state index is 13.3. The molecule has 1 N–H and O–H groups in total. The van der Waals surface area contributed by atoms with Crippen LogP contribution in [0.2, 0.25) is 0 Å². The lowest BCUT2D eigenvalue weighted by molar-refractivity contribution is -0.141. The van der Waals surface area contributed by atoms with Gasteiger partial charge >= 0.3 is 6.18 Å². The van der Waals surface area contributed by atoms with Gasteiger partial charge in [-0.1, -0.05) is 0 Å². The van der Waals surface area contributed by atoms with Gasteiger partial charge in [-0.2, -0.15) is 17.5 Å². The van der Waals surface area contributed by atoms with Crippen LogP contribution >= 0.6 is 0 Å². The van der Waals surface area contributed by atoms with Crippen LogP contribution < -0.4 is 0 Å². The first kappa shape index (κ1) is 18.2. The Balaban J connectivity index is 1.82. The molecule has 138 valence electrons. The number of hydrogen-bond acceptors (Lipinski definition) is 4. The molecule has 1 saturated heterocycles. The van der Waals surface area contributed by atoms with Crippen LogP contribution in [-0.4, -0.2) is 59.5 Å². The van der Waals surface area contributed by atoms with Crippen molar-refractivity contribution in [1.29, 1.82) is 0 Å². The zero-order chi connectivity index (χ0) is 18.2. The zero-order valence-corrected chi connectivity index (χ0v) is 14.5. The summed E-state index contributed by atoms with van der Waals surface area (Å²) in [7, 11) is -3.26. The molecule has 1 fully saturated rings. The number of rotatable bonds is 4. The zero-order valence-electron chi connectivity index (χ0n) is 13.7. The lowest BCUT2D eigenvalue weighted by Gasteiger charge is -2.33. The molecule has 0 spiro atoms. The van der Waals surface area contributed by atoms with Crippen LogP contribution in [0.3, 0.4) is 0 Å². The molecule has 0 atom stereocenters. The van der Waals surface area contributed by atoms with Crippen molar-refractivity contribution in [2.75, 3.05) is 31.9 Å². The average Bonchev–Trinajstić information content (AvgIpc) is 2.94. The fourth-order valence-corrected chi connectivity index (χ4v) is 4.14. The van der Waals surface area contributed by atoms with E-state index in [0.29, 0.717) is 18.5 Å². The van der Waals surface area contributed by atoms with Crippen LogP contribution in [0.4, 0.5) is 13.2 Å². The van der Waals surface area contributed by atoms with Gasteiger partial charge in [0.05, 0.1) is 5.75 Å². The number of aromatic amines is 1. The maximum Gasteiger partial charge on any atom is 0.431 e. The Morgan fingerprint density at radius 3 is 2.52 bits per heavy atom. The van der Waals surface area contributed by atoms with Crippen molar-refractivity contribution in [2.45, 2.75) is 19.6 Å². The van der Waals surface area contributed by atoms with E-state index in [9.17, 15) is 21.6 Å². The van der Waals surface area contributed by atoms with Gasteiger partial charge in [0.25, 0.3) is 0 Å². The Bertz CT molecular complexity index is 855. The third kappa shape index (κ3) is 3.65. The summed E-state index contributed by atoms with van der Waals surface area (Å²) in [6, 6.07) is 3.22. The minimum atomic E-state index is -4.50. The van der Waals surface area contributed by atoms with Crippen molar-refractivity contribution < 1.29 is 21.6 Å². The smallest absolute Gasteiger partial charge is 0.335 e. The normalized spacial score (nSPS) is 18.1. The van der Waals surface area contributed by atoms with Gasteiger partial charge in [0, 0.05) is 49.9 Å². The van der Waals surface area contributed by atoms with E-state index < -0.39 is 21.9 Å². The molecule has 3 rings (SSSR count). The standard InChI is InChI=1S/C15H19F3N4O2S/c1-2-25(23,24)22-8-6-21(7-9-22)10-12-11-4-3-5-19-14(11)20-13(12)15(16,17)18/h3-5H,2,6-10H2,1H3,(H,19,20). The average molecular weight is 376 g/mol. The van der Waals surface area contributed by atoms with E-state index in [1.165, 1.54) is 10.5 Å². The van der Waals surface area contributed by atoms with Crippen LogP contribution in [-0.2, 0) is 22.7 Å². The fraction of sp³-hybridized carbons (Fsp3) is 0.533. The number of H-pyrrole nitrogens is 1. The molecule has 0 unspecified atom stereocenters. The number of fused-ring (bicyclic) bond motifs is 1. The highest BCUT2D eigenvalue weighted by Crippen LogP contribution is 2.35. The van der Waals surface area contributed by atoms with Crippen molar-refractivity contribution in [3.8, 4) is 0 Å². The van der Waals surface area contributed by atoms with Crippen LogP contribution in [0.15, 0.2) is 18.3 Å². The number of sulfonamides is 1. The number of nitrogens with zero attached hydrogens (tertiary/aromatic N) is 3. The molecule has 0 aliphatic carbocycles. The van der Waals surface area contributed by atoms with E-state index in [-0.39, 0.29) is 36.6 Å². The lowest BCUT2D eigenvalue weighted by Crippen LogP contribution is -2.48. The highest BCUT2D eigenvalue weighted by Gasteiger charge is 2.37. The number of hydrogen-bond donors (Lipinski definition) is 1. The van der Waals surface area contributed by atoms with Crippen molar-refractivity contribution >= 4 is 21.1 Å². The van der Waals surface area contributed by atoms with Gasteiger partial charge in [-0.3, -0.25) is 4.90 Å². The second-order valence-corrected chi connectivity index (χ2v) is 8.21. The molecule has 3 heterocycles. The number of alkyl halides is 3. The van der Waals surface area contributed by atoms with Crippen molar-refractivity contribution in [3.05, 3.63) is 29.6 Å². The number of nitrogens with one attached hydrogen (secondary N) is 1. The van der Waals surface area contributed by atoms with E-state index >= 15 is 0 Å². The first-order valence-corrected chi connectivity index (χ1v) is 9.56. The quantitative estimate of drug-likeness (QED) is 0.887. The molecule has 2 aromatic rings. The third-order valence-electron chi connectivity index (χ3n) is 4.43. The Labute approximate surface area is 143 Å². The minimum Gasteiger partial charge on any atom is -0.335 e. The van der Waals surface area contributed by atoms with Crippen molar-refractivity contribution in [2.24, 2.45) is 0 Å². The first-order chi connectivity index (χ1) is 11.7. The SMILES string of the molecule is CCS(=O)(=O)N1CCN(Cc2c(C(F)(F)F)[nH]c3ncccc23)CC1. The monoisotopic (exact) mass is 376 g/mol. The molecule has 0 amide bonds. The van der Waals surface area contributed by atoms with E-state index in [4.69, 9.17) is 0 Å². The summed E-state index contributed by atoms with van der Waals surface area (Å²) >= 11 is 0. The Kier molecular flexibility index (Phi) is 4.78. The second-order valence-electron chi connectivity index (χ2n) is 5.95. The summed E-state index contributed by atoms with van der Waals surface area (Å²) in [6.07, 6.45) is -3.06. The van der Waals surface area contributed by atoms with Gasteiger partial charge in [-0.15, -0.1) is 0 Å².